The molecular weight excluding hydrogens is 727 g/mol. The van der Waals surface area contributed by atoms with Crippen molar-refractivity contribution in [3.63, 3.8) is 0 Å². The first-order valence-corrected chi connectivity index (χ1v) is 26.6. The van der Waals surface area contributed by atoms with Crippen molar-refractivity contribution < 1.29 is 20.1 Å². The third-order valence-electron chi connectivity index (χ3n) is 12.5. The van der Waals surface area contributed by atoms with E-state index in [1.165, 1.54) is 218 Å². The topological polar surface area (TPSA) is 89.8 Å². The number of hydrogen-bond acceptors (Lipinski definition) is 4. The number of allylic oxidation sites excluding steroid dienone is 4. The first-order valence-electron chi connectivity index (χ1n) is 26.6. The highest BCUT2D eigenvalue weighted by Crippen LogP contribution is 2.18. The Kier molecular flexibility index (Phi) is 48.5. The number of amides is 1. The van der Waals surface area contributed by atoms with E-state index < -0.39 is 18.2 Å². The van der Waals surface area contributed by atoms with Gasteiger partial charge < -0.3 is 20.6 Å². The fourth-order valence-electron chi connectivity index (χ4n) is 8.42. The Morgan fingerprint density at radius 1 is 0.407 bits per heavy atom. The Hall–Kier alpha value is -1.17. The van der Waals surface area contributed by atoms with Gasteiger partial charge in [-0.25, -0.2) is 0 Å². The SMILES string of the molecule is CCCCC/C=C/CC/C=C/CCCC(O)C(O)C(CO)NC(=O)CCCCCCCCCCCCCCCCCCCCCCCCCCCCCCCCCCC. The van der Waals surface area contributed by atoms with E-state index in [1.807, 2.05) is 0 Å². The molecule has 0 fully saturated rings. The van der Waals surface area contributed by atoms with E-state index in [0.717, 1.165) is 44.9 Å². The molecule has 0 saturated heterocycles. The van der Waals surface area contributed by atoms with Gasteiger partial charge in [0.15, 0.2) is 0 Å². The van der Waals surface area contributed by atoms with Crippen LogP contribution in [0.15, 0.2) is 24.3 Å². The van der Waals surface area contributed by atoms with Crippen molar-refractivity contribution in [3.05, 3.63) is 24.3 Å². The van der Waals surface area contributed by atoms with Crippen molar-refractivity contribution in [1.29, 1.82) is 0 Å². The van der Waals surface area contributed by atoms with E-state index >= 15 is 0 Å². The molecule has 0 radical (unpaired) electrons. The molecule has 0 spiro atoms. The zero-order valence-corrected chi connectivity index (χ0v) is 39.9. The van der Waals surface area contributed by atoms with Crippen LogP contribution in [0.3, 0.4) is 0 Å². The van der Waals surface area contributed by atoms with Crippen LogP contribution in [-0.2, 0) is 4.79 Å². The summed E-state index contributed by atoms with van der Waals surface area (Å²) in [6.45, 7) is 4.15. The van der Waals surface area contributed by atoms with Crippen LogP contribution in [0.5, 0.6) is 0 Å². The molecule has 0 aromatic rings. The second-order valence-electron chi connectivity index (χ2n) is 18.4. The first kappa shape index (κ1) is 57.8. The third-order valence-corrected chi connectivity index (χ3v) is 12.5. The monoisotopic (exact) mass is 832 g/mol. The summed E-state index contributed by atoms with van der Waals surface area (Å²) in [7, 11) is 0. The largest absolute Gasteiger partial charge is 0.394 e. The molecule has 3 unspecified atom stereocenters. The predicted molar refractivity (Wildman–Crippen MR) is 259 cm³/mol. The summed E-state index contributed by atoms with van der Waals surface area (Å²) in [5.41, 5.74) is 0. The number of carbonyl (C=O) groups excluding carboxylic acids is 1. The normalized spacial score (nSPS) is 13.5. The summed E-state index contributed by atoms with van der Waals surface area (Å²) in [4.78, 5) is 12.5. The minimum absolute atomic E-state index is 0.154. The van der Waals surface area contributed by atoms with Crippen LogP contribution in [-0.4, -0.2) is 46.1 Å². The van der Waals surface area contributed by atoms with Gasteiger partial charge in [-0.05, 0) is 51.4 Å². The summed E-state index contributed by atoms with van der Waals surface area (Å²) >= 11 is 0. The van der Waals surface area contributed by atoms with Gasteiger partial charge in [0.2, 0.25) is 5.91 Å². The highest BCUT2D eigenvalue weighted by atomic mass is 16.3. The Bertz CT molecular complexity index is 874. The minimum Gasteiger partial charge on any atom is -0.394 e. The maximum atomic E-state index is 12.5. The highest BCUT2D eigenvalue weighted by Gasteiger charge is 2.26. The van der Waals surface area contributed by atoms with Crippen molar-refractivity contribution in [2.24, 2.45) is 0 Å². The first-order chi connectivity index (χ1) is 29.1. The minimum atomic E-state index is -1.16. The Morgan fingerprint density at radius 2 is 0.695 bits per heavy atom. The van der Waals surface area contributed by atoms with Crippen molar-refractivity contribution >= 4 is 5.91 Å². The molecule has 0 aliphatic carbocycles. The Morgan fingerprint density at radius 3 is 1.03 bits per heavy atom. The fourth-order valence-corrected chi connectivity index (χ4v) is 8.42. The van der Waals surface area contributed by atoms with Crippen molar-refractivity contribution in [2.45, 2.75) is 308 Å². The average Bonchev–Trinajstić information content (AvgIpc) is 3.24. The molecule has 0 saturated carbocycles. The Balaban J connectivity index is 3.45. The molecule has 0 heterocycles. The van der Waals surface area contributed by atoms with Gasteiger partial charge >= 0.3 is 0 Å². The van der Waals surface area contributed by atoms with Gasteiger partial charge in [0.25, 0.3) is 0 Å². The molecule has 1 amide bonds. The lowest BCUT2D eigenvalue weighted by molar-refractivity contribution is -0.124. The summed E-state index contributed by atoms with van der Waals surface area (Å²) in [5.74, 6) is -0.154. The third kappa shape index (κ3) is 44.7. The molecule has 4 N–H and O–H groups in total. The van der Waals surface area contributed by atoms with Crippen LogP contribution < -0.4 is 5.32 Å². The van der Waals surface area contributed by atoms with Crippen molar-refractivity contribution in [3.8, 4) is 0 Å². The standard InChI is InChI=1S/C54H105NO4/c1-3-5-7-9-11-13-15-17-18-19-20-21-22-23-24-25-26-27-28-29-30-31-32-33-34-35-36-37-39-41-43-45-47-49-53(58)55-51(50-56)54(59)52(57)48-46-44-42-40-38-16-14-12-10-8-6-4-2/h12,14,40,42,51-52,54,56-57,59H,3-11,13,15-39,41,43-50H2,1-2H3,(H,55,58)/b14-12+,42-40+. The molecule has 0 aromatic carbocycles. The van der Waals surface area contributed by atoms with Gasteiger partial charge in [0.1, 0.15) is 6.10 Å². The lowest BCUT2D eigenvalue weighted by atomic mass is 10.0. The molecule has 5 nitrogen and oxygen atoms in total. The number of unbranched alkanes of at least 4 members (excludes halogenated alkanes) is 37. The van der Waals surface area contributed by atoms with Gasteiger partial charge in [-0.1, -0.05) is 256 Å². The van der Waals surface area contributed by atoms with Crippen molar-refractivity contribution in [1.82, 2.24) is 5.32 Å². The highest BCUT2D eigenvalue weighted by molar-refractivity contribution is 5.76. The summed E-state index contributed by atoms with van der Waals surface area (Å²) < 4.78 is 0. The number of rotatable bonds is 49. The average molecular weight is 832 g/mol. The molecular formula is C54H105NO4. The van der Waals surface area contributed by atoms with Crippen LogP contribution in [0.1, 0.15) is 290 Å². The second kappa shape index (κ2) is 49.5. The summed E-state index contributed by atoms with van der Waals surface area (Å²) in [5, 5.41) is 33.5. The molecule has 0 aromatic heterocycles. The van der Waals surface area contributed by atoms with E-state index in [1.54, 1.807) is 0 Å². The maximum absolute atomic E-state index is 12.5. The number of aliphatic hydroxyl groups excluding tert-OH is 3. The smallest absolute Gasteiger partial charge is 0.220 e. The number of carbonyl (C=O) groups is 1. The molecule has 0 aliphatic heterocycles. The number of aliphatic hydroxyl groups is 3. The molecule has 0 rings (SSSR count). The lowest BCUT2D eigenvalue weighted by Gasteiger charge is -2.26. The van der Waals surface area contributed by atoms with E-state index in [-0.39, 0.29) is 12.5 Å². The van der Waals surface area contributed by atoms with Gasteiger partial charge in [-0.3, -0.25) is 4.79 Å². The predicted octanol–water partition coefficient (Wildman–Crippen LogP) is 16.1. The van der Waals surface area contributed by atoms with E-state index in [4.69, 9.17) is 0 Å². The molecule has 0 aliphatic rings. The second-order valence-corrected chi connectivity index (χ2v) is 18.4. The van der Waals surface area contributed by atoms with Crippen LogP contribution in [0.25, 0.3) is 0 Å². The van der Waals surface area contributed by atoms with Crippen LogP contribution in [0, 0.1) is 0 Å². The Labute approximate surface area is 369 Å². The molecule has 5 heteroatoms. The van der Waals surface area contributed by atoms with E-state index in [2.05, 4.69) is 43.5 Å². The quantitative estimate of drug-likeness (QED) is 0.0363. The molecule has 350 valence electrons. The van der Waals surface area contributed by atoms with E-state index in [9.17, 15) is 20.1 Å². The number of nitrogens with one attached hydrogen (secondary N) is 1. The van der Waals surface area contributed by atoms with Crippen LogP contribution >= 0.6 is 0 Å². The van der Waals surface area contributed by atoms with Gasteiger partial charge in [-0.15, -0.1) is 0 Å². The van der Waals surface area contributed by atoms with Crippen LogP contribution in [0.2, 0.25) is 0 Å². The van der Waals surface area contributed by atoms with Crippen molar-refractivity contribution in [2.75, 3.05) is 6.61 Å². The van der Waals surface area contributed by atoms with E-state index in [0.29, 0.717) is 12.8 Å². The molecule has 59 heavy (non-hydrogen) atoms. The summed E-state index contributed by atoms with van der Waals surface area (Å²) in [6.07, 6.45) is 62.0. The van der Waals surface area contributed by atoms with Gasteiger partial charge in [0.05, 0.1) is 18.8 Å². The fraction of sp³-hybridized carbons (Fsp3) is 0.907. The molecule has 0 bridgehead atoms. The zero-order chi connectivity index (χ0) is 43.0. The maximum Gasteiger partial charge on any atom is 0.220 e. The summed E-state index contributed by atoms with van der Waals surface area (Å²) in [6, 6.07) is -0.828. The van der Waals surface area contributed by atoms with Gasteiger partial charge in [0, 0.05) is 6.42 Å². The number of hydrogen-bond donors (Lipinski definition) is 4. The zero-order valence-electron chi connectivity index (χ0n) is 39.9. The molecule has 3 atom stereocenters. The lowest BCUT2D eigenvalue weighted by Crippen LogP contribution is -2.50. The van der Waals surface area contributed by atoms with Gasteiger partial charge in [-0.2, -0.15) is 0 Å². The van der Waals surface area contributed by atoms with Crippen LogP contribution in [0.4, 0.5) is 0 Å².